The second-order valence-corrected chi connectivity index (χ2v) is 6.53. The first-order valence-corrected chi connectivity index (χ1v) is 9.22. The van der Waals surface area contributed by atoms with Crippen molar-refractivity contribution in [1.82, 2.24) is 4.90 Å². The highest BCUT2D eigenvalue weighted by Gasteiger charge is 2.23. The number of benzene rings is 2. The van der Waals surface area contributed by atoms with Crippen molar-refractivity contribution in [3.63, 3.8) is 0 Å². The normalized spacial score (nSPS) is 13.7. The number of piperazine rings is 1. The van der Waals surface area contributed by atoms with Gasteiger partial charge in [-0.05, 0) is 36.4 Å². The van der Waals surface area contributed by atoms with Crippen LogP contribution in [0.3, 0.4) is 0 Å². The van der Waals surface area contributed by atoms with Gasteiger partial charge in [-0.3, -0.25) is 4.79 Å². The Balaban J connectivity index is 1.48. The van der Waals surface area contributed by atoms with Crippen molar-refractivity contribution in [3.8, 4) is 17.2 Å². The molecule has 0 aliphatic carbocycles. The number of carbonyl (C=O) groups excluding carboxylic acids is 2. The van der Waals surface area contributed by atoms with Gasteiger partial charge in [0.05, 0.1) is 14.2 Å². The molecular weight excluding hydrogens is 376 g/mol. The Morgan fingerprint density at radius 3 is 2.14 bits per heavy atom. The van der Waals surface area contributed by atoms with E-state index in [1.165, 1.54) is 25.3 Å². The summed E-state index contributed by atoms with van der Waals surface area (Å²) in [7, 11) is 3.09. The minimum atomic E-state index is -0.754. The molecule has 2 aromatic rings. The lowest BCUT2D eigenvalue weighted by molar-refractivity contribution is -0.134. The van der Waals surface area contributed by atoms with Gasteiger partial charge in [0.1, 0.15) is 22.8 Å². The van der Waals surface area contributed by atoms with Gasteiger partial charge in [-0.2, -0.15) is 0 Å². The number of phenolic OH excluding ortho intramolecular Hbond substituents is 1. The SMILES string of the molecule is COc1ccc(N2CCN(C(=O)COC(=O)c3ccc(OC)cc3O)CC2)cc1. The quantitative estimate of drug-likeness (QED) is 0.741. The summed E-state index contributed by atoms with van der Waals surface area (Å²) in [5.74, 6) is -0.0526. The fourth-order valence-electron chi connectivity index (χ4n) is 3.11. The number of methoxy groups -OCH3 is 2. The number of amides is 1. The zero-order valence-corrected chi connectivity index (χ0v) is 16.5. The molecular formula is C21H24N2O6. The maximum absolute atomic E-state index is 12.4. The molecule has 0 bridgehead atoms. The summed E-state index contributed by atoms with van der Waals surface area (Å²) in [6.45, 7) is 2.08. The molecule has 3 rings (SSSR count). The molecule has 2 aromatic carbocycles. The minimum Gasteiger partial charge on any atom is -0.507 e. The van der Waals surface area contributed by atoms with Gasteiger partial charge in [-0.1, -0.05) is 0 Å². The van der Waals surface area contributed by atoms with E-state index in [0.717, 1.165) is 11.4 Å². The lowest BCUT2D eigenvalue weighted by Crippen LogP contribution is -2.49. The molecule has 1 aliphatic rings. The second kappa shape index (κ2) is 9.18. The minimum absolute atomic E-state index is 0.0112. The van der Waals surface area contributed by atoms with Crippen LogP contribution in [0.4, 0.5) is 5.69 Å². The molecule has 0 atom stereocenters. The van der Waals surface area contributed by atoms with Gasteiger partial charge in [0, 0.05) is 37.9 Å². The summed E-state index contributed by atoms with van der Waals surface area (Å²) in [5, 5.41) is 9.89. The molecule has 29 heavy (non-hydrogen) atoms. The number of phenols is 1. The molecule has 0 saturated carbocycles. The Morgan fingerprint density at radius 2 is 1.55 bits per heavy atom. The average Bonchev–Trinajstić information content (AvgIpc) is 2.77. The highest BCUT2D eigenvalue weighted by atomic mass is 16.5. The molecule has 0 spiro atoms. The van der Waals surface area contributed by atoms with Crippen molar-refractivity contribution >= 4 is 17.6 Å². The van der Waals surface area contributed by atoms with Gasteiger partial charge in [-0.15, -0.1) is 0 Å². The maximum atomic E-state index is 12.4. The van der Waals surface area contributed by atoms with E-state index in [9.17, 15) is 14.7 Å². The first-order chi connectivity index (χ1) is 14.0. The molecule has 8 heteroatoms. The van der Waals surface area contributed by atoms with E-state index in [1.807, 2.05) is 24.3 Å². The number of hydrogen-bond donors (Lipinski definition) is 1. The number of ether oxygens (including phenoxy) is 3. The van der Waals surface area contributed by atoms with Crippen LogP contribution < -0.4 is 14.4 Å². The van der Waals surface area contributed by atoms with Crippen LogP contribution in [-0.2, 0) is 9.53 Å². The molecule has 8 nitrogen and oxygen atoms in total. The van der Waals surface area contributed by atoms with Crippen molar-refractivity contribution in [3.05, 3.63) is 48.0 Å². The zero-order valence-electron chi connectivity index (χ0n) is 16.5. The molecule has 0 unspecified atom stereocenters. The molecule has 1 aliphatic heterocycles. The Morgan fingerprint density at radius 1 is 0.931 bits per heavy atom. The van der Waals surface area contributed by atoms with Gasteiger partial charge < -0.3 is 29.1 Å². The Kier molecular flexibility index (Phi) is 6.43. The van der Waals surface area contributed by atoms with Crippen LogP contribution in [0.5, 0.6) is 17.2 Å². The average molecular weight is 400 g/mol. The molecule has 1 heterocycles. The van der Waals surface area contributed by atoms with E-state index in [0.29, 0.717) is 31.9 Å². The van der Waals surface area contributed by atoms with Crippen LogP contribution in [0, 0.1) is 0 Å². The maximum Gasteiger partial charge on any atom is 0.342 e. The lowest BCUT2D eigenvalue weighted by atomic mass is 10.2. The standard InChI is InChI=1S/C21H24N2O6/c1-27-16-5-3-15(4-6-16)22-9-11-23(12-10-22)20(25)14-29-21(26)18-8-7-17(28-2)13-19(18)24/h3-8,13,24H,9-12,14H2,1-2H3. The molecule has 1 amide bonds. The fourth-order valence-corrected chi connectivity index (χ4v) is 3.11. The highest BCUT2D eigenvalue weighted by Crippen LogP contribution is 2.24. The van der Waals surface area contributed by atoms with Crippen molar-refractivity contribution in [2.75, 3.05) is 51.9 Å². The van der Waals surface area contributed by atoms with Gasteiger partial charge in [-0.25, -0.2) is 4.79 Å². The lowest BCUT2D eigenvalue weighted by Gasteiger charge is -2.36. The van der Waals surface area contributed by atoms with Gasteiger partial charge in [0.25, 0.3) is 5.91 Å². The van der Waals surface area contributed by atoms with Crippen LogP contribution in [0.25, 0.3) is 0 Å². The second-order valence-electron chi connectivity index (χ2n) is 6.53. The van der Waals surface area contributed by atoms with E-state index in [-0.39, 0.29) is 23.8 Å². The summed E-state index contributed by atoms with van der Waals surface area (Å²) in [6, 6.07) is 12.0. The van der Waals surface area contributed by atoms with Crippen LogP contribution in [0.15, 0.2) is 42.5 Å². The van der Waals surface area contributed by atoms with Crippen molar-refractivity contribution in [2.24, 2.45) is 0 Å². The number of hydrogen-bond acceptors (Lipinski definition) is 7. The smallest absolute Gasteiger partial charge is 0.342 e. The van der Waals surface area contributed by atoms with Gasteiger partial charge in [0.15, 0.2) is 6.61 Å². The summed E-state index contributed by atoms with van der Waals surface area (Å²) in [4.78, 5) is 28.4. The molecule has 1 fully saturated rings. The van der Waals surface area contributed by atoms with E-state index in [2.05, 4.69) is 4.90 Å². The van der Waals surface area contributed by atoms with Crippen LogP contribution in [0.2, 0.25) is 0 Å². The molecule has 154 valence electrons. The number of aromatic hydroxyl groups is 1. The monoisotopic (exact) mass is 400 g/mol. The third-order valence-electron chi connectivity index (χ3n) is 4.82. The summed E-state index contributed by atoms with van der Waals surface area (Å²) in [6.07, 6.45) is 0. The number of nitrogens with zero attached hydrogens (tertiary/aromatic N) is 2. The van der Waals surface area contributed by atoms with Crippen molar-refractivity contribution in [2.45, 2.75) is 0 Å². The largest absolute Gasteiger partial charge is 0.507 e. The van der Waals surface area contributed by atoms with Crippen molar-refractivity contribution in [1.29, 1.82) is 0 Å². The zero-order chi connectivity index (χ0) is 20.8. The van der Waals surface area contributed by atoms with E-state index < -0.39 is 5.97 Å². The Hall–Kier alpha value is -3.42. The van der Waals surface area contributed by atoms with Crippen molar-refractivity contribution < 1.29 is 28.9 Å². The van der Waals surface area contributed by atoms with Gasteiger partial charge >= 0.3 is 5.97 Å². The molecule has 1 N–H and O–H groups in total. The predicted molar refractivity (Wildman–Crippen MR) is 107 cm³/mol. The summed E-state index contributed by atoms with van der Waals surface area (Å²) < 4.78 is 15.2. The first-order valence-electron chi connectivity index (χ1n) is 9.22. The third-order valence-corrected chi connectivity index (χ3v) is 4.82. The van der Waals surface area contributed by atoms with E-state index >= 15 is 0 Å². The van der Waals surface area contributed by atoms with Crippen LogP contribution in [0.1, 0.15) is 10.4 Å². The molecule has 0 aromatic heterocycles. The van der Waals surface area contributed by atoms with Gasteiger partial charge in [0.2, 0.25) is 0 Å². The number of anilines is 1. The Bertz CT molecular complexity index is 860. The summed E-state index contributed by atoms with van der Waals surface area (Å²) >= 11 is 0. The molecule has 0 radical (unpaired) electrons. The number of esters is 1. The third kappa shape index (κ3) is 4.90. The van der Waals surface area contributed by atoms with Crippen LogP contribution >= 0.6 is 0 Å². The Labute approximate surface area is 169 Å². The summed E-state index contributed by atoms with van der Waals surface area (Å²) in [5.41, 5.74) is 1.06. The highest BCUT2D eigenvalue weighted by molar-refractivity contribution is 5.94. The number of rotatable bonds is 6. The molecule has 1 saturated heterocycles. The van der Waals surface area contributed by atoms with E-state index in [4.69, 9.17) is 14.2 Å². The van der Waals surface area contributed by atoms with Crippen LogP contribution in [-0.4, -0.2) is 68.9 Å². The topological polar surface area (TPSA) is 88.5 Å². The van der Waals surface area contributed by atoms with E-state index in [1.54, 1.807) is 12.0 Å². The predicted octanol–water partition coefficient (Wildman–Crippen LogP) is 1.91. The first kappa shape index (κ1) is 20.3. The fraction of sp³-hybridized carbons (Fsp3) is 0.333. The number of carbonyl (C=O) groups is 2.